The molecular formula is C17H18N6O2. The molecule has 1 aromatic carbocycles. The predicted molar refractivity (Wildman–Crippen MR) is 89.0 cm³/mol. The van der Waals surface area contributed by atoms with E-state index >= 15 is 0 Å². The van der Waals surface area contributed by atoms with Crippen LogP contribution in [0.25, 0.3) is 5.69 Å². The molecule has 2 aromatic heterocycles. The second kappa shape index (κ2) is 6.86. The normalized spacial score (nSPS) is 16.9. The molecular weight excluding hydrogens is 320 g/mol. The van der Waals surface area contributed by atoms with Gasteiger partial charge in [0.1, 0.15) is 12.0 Å². The Hall–Kier alpha value is -3.00. The molecule has 3 heterocycles. The van der Waals surface area contributed by atoms with E-state index in [4.69, 9.17) is 4.42 Å². The molecule has 0 radical (unpaired) electrons. The average molecular weight is 338 g/mol. The molecule has 2 N–H and O–H groups in total. The van der Waals surface area contributed by atoms with Gasteiger partial charge in [-0.15, -0.1) is 5.10 Å². The SMILES string of the molecule is O=C(NCc1cn(-c2ccccc2)nn1)c1coc([C@@H]2CCCN2)n1. The van der Waals surface area contributed by atoms with E-state index in [1.807, 2.05) is 30.3 Å². The van der Waals surface area contributed by atoms with E-state index in [9.17, 15) is 4.79 Å². The number of para-hydroxylation sites is 1. The van der Waals surface area contributed by atoms with Gasteiger partial charge in [0, 0.05) is 0 Å². The first-order valence-electron chi connectivity index (χ1n) is 8.23. The molecule has 1 amide bonds. The Balaban J connectivity index is 1.37. The van der Waals surface area contributed by atoms with Crippen molar-refractivity contribution in [2.75, 3.05) is 6.54 Å². The van der Waals surface area contributed by atoms with Crippen LogP contribution >= 0.6 is 0 Å². The number of carbonyl (C=O) groups excluding carboxylic acids is 1. The maximum absolute atomic E-state index is 12.2. The fourth-order valence-electron chi connectivity index (χ4n) is 2.79. The van der Waals surface area contributed by atoms with Crippen LogP contribution in [-0.4, -0.2) is 32.4 Å². The molecule has 1 aliphatic heterocycles. The van der Waals surface area contributed by atoms with Crippen molar-refractivity contribution in [2.45, 2.75) is 25.4 Å². The second-order valence-electron chi connectivity index (χ2n) is 5.89. The summed E-state index contributed by atoms with van der Waals surface area (Å²) < 4.78 is 7.09. The first-order chi connectivity index (χ1) is 12.3. The number of carbonyl (C=O) groups is 1. The van der Waals surface area contributed by atoms with Crippen molar-refractivity contribution >= 4 is 5.91 Å². The van der Waals surface area contributed by atoms with Gasteiger partial charge < -0.3 is 15.1 Å². The lowest BCUT2D eigenvalue weighted by Gasteiger charge is -2.03. The highest BCUT2D eigenvalue weighted by molar-refractivity contribution is 5.91. The van der Waals surface area contributed by atoms with Crippen LogP contribution in [0.15, 0.2) is 47.2 Å². The number of amides is 1. The van der Waals surface area contributed by atoms with Gasteiger partial charge in [0.2, 0.25) is 5.89 Å². The van der Waals surface area contributed by atoms with E-state index in [0.717, 1.165) is 25.1 Å². The van der Waals surface area contributed by atoms with E-state index in [0.29, 0.717) is 11.6 Å². The molecule has 128 valence electrons. The molecule has 1 fully saturated rings. The Bertz CT molecular complexity index is 851. The summed E-state index contributed by atoms with van der Waals surface area (Å²) in [6.07, 6.45) is 5.24. The predicted octanol–water partition coefficient (Wildman–Crippen LogP) is 1.61. The van der Waals surface area contributed by atoms with Gasteiger partial charge >= 0.3 is 0 Å². The highest BCUT2D eigenvalue weighted by Crippen LogP contribution is 2.22. The van der Waals surface area contributed by atoms with Crippen LogP contribution < -0.4 is 10.6 Å². The van der Waals surface area contributed by atoms with Gasteiger partial charge in [-0.1, -0.05) is 23.4 Å². The van der Waals surface area contributed by atoms with Gasteiger partial charge in [0.25, 0.3) is 5.91 Å². The number of nitrogens with zero attached hydrogens (tertiary/aromatic N) is 4. The molecule has 25 heavy (non-hydrogen) atoms. The number of hydrogen-bond donors (Lipinski definition) is 2. The minimum absolute atomic E-state index is 0.104. The second-order valence-corrected chi connectivity index (χ2v) is 5.89. The third kappa shape index (κ3) is 3.43. The Morgan fingerprint density at radius 2 is 2.24 bits per heavy atom. The van der Waals surface area contributed by atoms with Crippen molar-refractivity contribution in [3.63, 3.8) is 0 Å². The molecule has 8 nitrogen and oxygen atoms in total. The average Bonchev–Trinajstić information content (AvgIpc) is 3.41. The maximum atomic E-state index is 12.2. The topological polar surface area (TPSA) is 97.9 Å². The zero-order chi connectivity index (χ0) is 17.1. The van der Waals surface area contributed by atoms with Gasteiger partial charge in [-0.05, 0) is 31.5 Å². The summed E-state index contributed by atoms with van der Waals surface area (Å²) in [4.78, 5) is 16.5. The number of aromatic nitrogens is 4. The number of oxazole rings is 1. The summed E-state index contributed by atoms with van der Waals surface area (Å²) in [6, 6.07) is 9.78. The van der Waals surface area contributed by atoms with Crippen LogP contribution in [0.5, 0.6) is 0 Å². The van der Waals surface area contributed by atoms with E-state index in [-0.39, 0.29) is 24.2 Å². The minimum Gasteiger partial charge on any atom is -0.446 e. The molecule has 3 aromatic rings. The molecule has 0 aliphatic carbocycles. The highest BCUT2D eigenvalue weighted by Gasteiger charge is 2.22. The van der Waals surface area contributed by atoms with Crippen molar-refractivity contribution in [3.05, 3.63) is 60.1 Å². The van der Waals surface area contributed by atoms with Crippen molar-refractivity contribution in [2.24, 2.45) is 0 Å². The summed E-state index contributed by atoms with van der Waals surface area (Å²) in [7, 11) is 0. The zero-order valence-electron chi connectivity index (χ0n) is 13.6. The zero-order valence-corrected chi connectivity index (χ0v) is 13.6. The number of nitrogens with one attached hydrogen (secondary N) is 2. The Morgan fingerprint density at radius 1 is 1.36 bits per heavy atom. The lowest BCUT2D eigenvalue weighted by molar-refractivity contribution is 0.0945. The lowest BCUT2D eigenvalue weighted by atomic mass is 10.2. The third-order valence-corrected chi connectivity index (χ3v) is 4.10. The standard InChI is InChI=1S/C17H18N6O2/c24-16(15-11-25-17(20-15)14-7-4-8-18-14)19-9-12-10-23(22-21-12)13-5-2-1-3-6-13/h1-3,5-6,10-11,14,18H,4,7-9H2,(H,19,24)/t14-/m0/s1. The van der Waals surface area contributed by atoms with Gasteiger partial charge in [0.05, 0.1) is 24.5 Å². The van der Waals surface area contributed by atoms with E-state index < -0.39 is 0 Å². The molecule has 1 saturated heterocycles. The van der Waals surface area contributed by atoms with E-state index in [1.54, 1.807) is 10.9 Å². The van der Waals surface area contributed by atoms with Crippen molar-refractivity contribution < 1.29 is 9.21 Å². The first kappa shape index (κ1) is 15.5. The largest absolute Gasteiger partial charge is 0.446 e. The molecule has 0 spiro atoms. The van der Waals surface area contributed by atoms with Gasteiger partial charge in [-0.25, -0.2) is 9.67 Å². The minimum atomic E-state index is -0.290. The van der Waals surface area contributed by atoms with Gasteiger partial charge in [-0.3, -0.25) is 4.79 Å². The molecule has 0 saturated carbocycles. The smallest absolute Gasteiger partial charge is 0.273 e. The molecule has 1 atom stereocenters. The third-order valence-electron chi connectivity index (χ3n) is 4.10. The van der Waals surface area contributed by atoms with Crippen LogP contribution in [0.3, 0.4) is 0 Å². The first-order valence-corrected chi connectivity index (χ1v) is 8.23. The fourth-order valence-corrected chi connectivity index (χ4v) is 2.79. The Morgan fingerprint density at radius 3 is 3.04 bits per heavy atom. The lowest BCUT2D eigenvalue weighted by Crippen LogP contribution is -2.23. The Kier molecular flexibility index (Phi) is 4.26. The van der Waals surface area contributed by atoms with Crippen LogP contribution in [0.4, 0.5) is 0 Å². The molecule has 0 bridgehead atoms. The van der Waals surface area contributed by atoms with Crippen LogP contribution in [0, 0.1) is 0 Å². The summed E-state index contributed by atoms with van der Waals surface area (Å²) >= 11 is 0. The molecule has 4 rings (SSSR count). The van der Waals surface area contributed by atoms with Crippen LogP contribution in [-0.2, 0) is 6.54 Å². The monoisotopic (exact) mass is 338 g/mol. The number of benzene rings is 1. The van der Waals surface area contributed by atoms with E-state index in [1.165, 1.54) is 6.26 Å². The summed E-state index contributed by atoms with van der Waals surface area (Å²) in [6.45, 7) is 1.22. The summed E-state index contributed by atoms with van der Waals surface area (Å²) in [5, 5.41) is 14.2. The fraction of sp³-hybridized carbons (Fsp3) is 0.294. The van der Waals surface area contributed by atoms with Crippen molar-refractivity contribution in [1.29, 1.82) is 0 Å². The summed E-state index contributed by atoms with van der Waals surface area (Å²) in [5.74, 6) is 0.278. The highest BCUT2D eigenvalue weighted by atomic mass is 16.3. The molecule has 8 heteroatoms. The van der Waals surface area contributed by atoms with Gasteiger partial charge in [0.15, 0.2) is 5.69 Å². The number of hydrogen-bond acceptors (Lipinski definition) is 6. The van der Waals surface area contributed by atoms with Crippen LogP contribution in [0.1, 0.15) is 41.0 Å². The van der Waals surface area contributed by atoms with E-state index in [2.05, 4.69) is 25.9 Å². The van der Waals surface area contributed by atoms with Crippen LogP contribution in [0.2, 0.25) is 0 Å². The quantitative estimate of drug-likeness (QED) is 0.733. The maximum Gasteiger partial charge on any atom is 0.273 e. The van der Waals surface area contributed by atoms with Gasteiger partial charge in [-0.2, -0.15) is 0 Å². The Labute approximate surface area is 144 Å². The van der Waals surface area contributed by atoms with Crippen molar-refractivity contribution in [1.82, 2.24) is 30.6 Å². The summed E-state index contributed by atoms with van der Waals surface area (Å²) in [5.41, 5.74) is 1.86. The number of rotatable bonds is 5. The molecule has 0 unspecified atom stereocenters. The molecule has 1 aliphatic rings. The van der Waals surface area contributed by atoms with Crippen molar-refractivity contribution in [3.8, 4) is 5.69 Å².